The molecule has 0 heterocycles. The minimum absolute atomic E-state index is 0.111. The van der Waals surface area contributed by atoms with Crippen LogP contribution < -0.4 is 10.1 Å². The average Bonchev–Trinajstić information content (AvgIpc) is 2.92. The van der Waals surface area contributed by atoms with Gasteiger partial charge >= 0.3 is 5.97 Å². The van der Waals surface area contributed by atoms with Crippen LogP contribution in [0.25, 0.3) is 21.9 Å². The molecule has 0 aliphatic carbocycles. The van der Waals surface area contributed by atoms with Crippen molar-refractivity contribution < 1.29 is 14.3 Å². The van der Waals surface area contributed by atoms with Gasteiger partial charge in [0.25, 0.3) is 0 Å². The molecule has 2 atom stereocenters. The topological polar surface area (TPSA) is 47.6 Å². The van der Waals surface area contributed by atoms with E-state index in [4.69, 9.17) is 9.47 Å². The van der Waals surface area contributed by atoms with Crippen molar-refractivity contribution in [2.75, 3.05) is 7.11 Å². The lowest BCUT2D eigenvalue weighted by atomic mass is 9.82. The third-order valence-corrected chi connectivity index (χ3v) is 7.23. The Kier molecular flexibility index (Phi) is 8.23. The molecule has 4 aromatic rings. The number of esters is 1. The highest BCUT2D eigenvalue weighted by Gasteiger charge is 2.32. The summed E-state index contributed by atoms with van der Waals surface area (Å²) in [5.41, 5.74) is 4.80. The SMILES string of the molecule is COc1cccc([C@@H](C)NC(C)c2cc(-c3cccc(C(C)(C)C(=O)OC(C)C)c3)c3ccccc3c2)c1. The molecule has 0 bridgehead atoms. The maximum Gasteiger partial charge on any atom is 0.316 e. The van der Waals surface area contributed by atoms with Crippen LogP contribution in [0.5, 0.6) is 5.75 Å². The Bertz CT molecular complexity index is 1420. The second-order valence-electron chi connectivity index (χ2n) is 10.8. The lowest BCUT2D eigenvalue weighted by Crippen LogP contribution is -2.32. The van der Waals surface area contributed by atoms with Gasteiger partial charge in [-0.05, 0) is 104 Å². The quantitative estimate of drug-likeness (QED) is 0.231. The van der Waals surface area contributed by atoms with Crippen molar-refractivity contribution in [1.29, 1.82) is 0 Å². The van der Waals surface area contributed by atoms with Crippen molar-refractivity contribution >= 4 is 16.7 Å². The Morgan fingerprint density at radius 3 is 2.24 bits per heavy atom. The fourth-order valence-electron chi connectivity index (χ4n) is 4.86. The summed E-state index contributed by atoms with van der Waals surface area (Å²) in [5, 5.41) is 6.13. The van der Waals surface area contributed by atoms with Gasteiger partial charge < -0.3 is 14.8 Å². The van der Waals surface area contributed by atoms with Gasteiger partial charge in [-0.25, -0.2) is 0 Å². The maximum atomic E-state index is 12.9. The van der Waals surface area contributed by atoms with Crippen molar-refractivity contribution in [3.8, 4) is 16.9 Å². The van der Waals surface area contributed by atoms with Crippen molar-refractivity contribution in [3.63, 3.8) is 0 Å². The van der Waals surface area contributed by atoms with Gasteiger partial charge in [-0.1, -0.05) is 60.7 Å². The molecule has 0 saturated heterocycles. The third-order valence-electron chi connectivity index (χ3n) is 7.23. The van der Waals surface area contributed by atoms with Crippen molar-refractivity contribution in [2.24, 2.45) is 0 Å². The molecule has 1 unspecified atom stereocenters. The Morgan fingerprint density at radius 2 is 1.50 bits per heavy atom. The van der Waals surface area contributed by atoms with Gasteiger partial charge in [0.2, 0.25) is 0 Å². The van der Waals surface area contributed by atoms with Crippen LogP contribution in [0.2, 0.25) is 0 Å². The normalized spacial score (nSPS) is 13.4. The molecule has 1 N–H and O–H groups in total. The van der Waals surface area contributed by atoms with Crippen LogP contribution in [0.4, 0.5) is 0 Å². The van der Waals surface area contributed by atoms with Crippen molar-refractivity contribution in [1.82, 2.24) is 5.32 Å². The van der Waals surface area contributed by atoms with Gasteiger partial charge in [0, 0.05) is 12.1 Å². The molecule has 0 aliphatic heterocycles. The lowest BCUT2D eigenvalue weighted by molar-refractivity contribution is -0.153. The first-order valence-corrected chi connectivity index (χ1v) is 13.3. The number of ether oxygens (including phenoxy) is 2. The number of methoxy groups -OCH3 is 1. The van der Waals surface area contributed by atoms with Gasteiger partial charge in [-0.2, -0.15) is 0 Å². The minimum Gasteiger partial charge on any atom is -0.497 e. The Labute approximate surface area is 227 Å². The molecule has 4 heteroatoms. The highest BCUT2D eigenvalue weighted by atomic mass is 16.5. The summed E-state index contributed by atoms with van der Waals surface area (Å²) >= 11 is 0. The van der Waals surface area contributed by atoms with Gasteiger partial charge in [-0.15, -0.1) is 0 Å². The molecule has 4 rings (SSSR count). The Balaban J connectivity index is 1.71. The summed E-state index contributed by atoms with van der Waals surface area (Å²) in [6.45, 7) is 12.0. The zero-order valence-electron chi connectivity index (χ0n) is 23.5. The summed E-state index contributed by atoms with van der Waals surface area (Å²) in [5.74, 6) is 0.643. The molecule has 0 aliphatic rings. The first-order chi connectivity index (χ1) is 18.1. The lowest BCUT2D eigenvalue weighted by Gasteiger charge is -2.25. The van der Waals surface area contributed by atoms with Crippen molar-refractivity contribution in [2.45, 2.75) is 65.1 Å². The zero-order valence-corrected chi connectivity index (χ0v) is 23.5. The molecular weight excluding hydrogens is 470 g/mol. The number of fused-ring (bicyclic) bond motifs is 1. The van der Waals surface area contributed by atoms with E-state index in [9.17, 15) is 4.79 Å². The number of rotatable bonds is 9. The number of benzene rings is 4. The summed E-state index contributed by atoms with van der Waals surface area (Å²) < 4.78 is 11.0. The van der Waals surface area contributed by atoms with Crippen LogP contribution in [0.3, 0.4) is 0 Å². The summed E-state index contributed by atoms with van der Waals surface area (Å²) in [6, 6.07) is 29.8. The molecule has 4 aromatic carbocycles. The molecule has 0 radical (unpaired) electrons. The van der Waals surface area contributed by atoms with E-state index < -0.39 is 5.41 Å². The van der Waals surface area contributed by atoms with Crippen LogP contribution in [-0.2, 0) is 14.9 Å². The van der Waals surface area contributed by atoms with Gasteiger partial charge in [0.15, 0.2) is 0 Å². The maximum absolute atomic E-state index is 12.9. The first kappa shape index (κ1) is 27.4. The van der Waals surface area contributed by atoms with E-state index in [1.165, 1.54) is 21.9 Å². The van der Waals surface area contributed by atoms with E-state index in [1.54, 1.807) is 7.11 Å². The summed E-state index contributed by atoms with van der Waals surface area (Å²) in [4.78, 5) is 12.9. The van der Waals surface area contributed by atoms with E-state index in [1.807, 2.05) is 52.0 Å². The van der Waals surface area contributed by atoms with Crippen molar-refractivity contribution in [3.05, 3.63) is 102 Å². The Morgan fingerprint density at radius 1 is 0.789 bits per heavy atom. The molecule has 0 aromatic heterocycles. The van der Waals surface area contributed by atoms with Gasteiger partial charge in [-0.3, -0.25) is 4.79 Å². The molecule has 0 spiro atoms. The van der Waals surface area contributed by atoms with Crippen LogP contribution in [0, 0.1) is 0 Å². The van der Waals surface area contributed by atoms with Crippen LogP contribution >= 0.6 is 0 Å². The van der Waals surface area contributed by atoms with E-state index in [2.05, 4.69) is 79.8 Å². The molecule has 4 nitrogen and oxygen atoms in total. The Hall–Kier alpha value is -3.63. The summed E-state index contributed by atoms with van der Waals surface area (Å²) in [6.07, 6.45) is -0.154. The highest BCUT2D eigenvalue weighted by molar-refractivity contribution is 5.97. The smallest absolute Gasteiger partial charge is 0.316 e. The van der Waals surface area contributed by atoms with E-state index >= 15 is 0 Å². The van der Waals surface area contributed by atoms with E-state index in [-0.39, 0.29) is 24.2 Å². The molecule has 0 fully saturated rings. The number of carbonyl (C=O) groups is 1. The third kappa shape index (κ3) is 5.92. The standard InChI is InChI=1S/C34H39NO3/c1-22(2)38-33(36)34(5,6)29-15-10-14-27(19-29)32-21-28(18-26-12-8-9-17-31(26)32)24(4)35-23(3)25-13-11-16-30(20-25)37-7/h8-24,35H,1-7H3/t23-,24?/m1/s1. The highest BCUT2D eigenvalue weighted by Crippen LogP contribution is 2.35. The number of carbonyl (C=O) groups excluding carboxylic acids is 1. The zero-order chi connectivity index (χ0) is 27.4. The summed E-state index contributed by atoms with van der Waals surface area (Å²) in [7, 11) is 1.69. The van der Waals surface area contributed by atoms with Gasteiger partial charge in [0.05, 0.1) is 18.6 Å². The monoisotopic (exact) mass is 509 g/mol. The second kappa shape index (κ2) is 11.4. The number of nitrogens with one attached hydrogen (secondary N) is 1. The second-order valence-corrected chi connectivity index (χ2v) is 10.8. The molecular formula is C34H39NO3. The molecule has 0 saturated carbocycles. The largest absolute Gasteiger partial charge is 0.497 e. The van der Waals surface area contributed by atoms with Crippen LogP contribution in [0.15, 0.2) is 84.9 Å². The minimum atomic E-state index is -0.755. The van der Waals surface area contributed by atoms with E-state index in [0.717, 1.165) is 22.4 Å². The van der Waals surface area contributed by atoms with Crippen LogP contribution in [0.1, 0.15) is 70.3 Å². The molecule has 0 amide bonds. The van der Waals surface area contributed by atoms with Gasteiger partial charge in [0.1, 0.15) is 5.75 Å². The molecule has 198 valence electrons. The molecule has 38 heavy (non-hydrogen) atoms. The predicted molar refractivity (Wildman–Crippen MR) is 157 cm³/mol. The first-order valence-electron chi connectivity index (χ1n) is 13.3. The fourth-order valence-corrected chi connectivity index (χ4v) is 4.86. The number of hydrogen-bond acceptors (Lipinski definition) is 4. The van der Waals surface area contributed by atoms with E-state index in [0.29, 0.717) is 0 Å². The average molecular weight is 510 g/mol. The fraction of sp³-hybridized carbons (Fsp3) is 0.324. The number of hydrogen-bond donors (Lipinski definition) is 1. The predicted octanol–water partition coefficient (Wildman–Crippen LogP) is 8.16. The van der Waals surface area contributed by atoms with Crippen LogP contribution in [-0.4, -0.2) is 19.2 Å².